The van der Waals surface area contributed by atoms with Crippen molar-refractivity contribution in [2.45, 2.75) is 40.2 Å². The van der Waals surface area contributed by atoms with Gasteiger partial charge in [-0.2, -0.15) is 0 Å². The Morgan fingerprint density at radius 3 is 2.71 bits per heavy atom. The number of benzene rings is 1. The van der Waals surface area contributed by atoms with Gasteiger partial charge >= 0.3 is 0 Å². The number of piperazine rings is 1. The van der Waals surface area contributed by atoms with E-state index in [4.69, 9.17) is 11.6 Å². The van der Waals surface area contributed by atoms with Crippen LogP contribution in [0.3, 0.4) is 0 Å². The Morgan fingerprint density at radius 2 is 2.08 bits per heavy atom. The molecule has 24 heavy (non-hydrogen) atoms. The van der Waals surface area contributed by atoms with E-state index in [0.717, 1.165) is 13.1 Å². The molecule has 0 saturated carbocycles. The Bertz CT molecular complexity index is 625. The maximum absolute atomic E-state index is 12.8. The lowest BCUT2D eigenvalue weighted by Gasteiger charge is -2.34. The van der Waals surface area contributed by atoms with Gasteiger partial charge in [-0.25, -0.2) is 0 Å². The number of rotatable bonds is 3. The van der Waals surface area contributed by atoms with Gasteiger partial charge < -0.3 is 15.5 Å². The summed E-state index contributed by atoms with van der Waals surface area (Å²) in [5, 5.41) is 6.52. The highest BCUT2D eigenvalue weighted by molar-refractivity contribution is 6.34. The van der Waals surface area contributed by atoms with E-state index in [1.807, 2.05) is 32.6 Å². The highest BCUT2D eigenvalue weighted by Crippen LogP contribution is 2.25. The van der Waals surface area contributed by atoms with E-state index in [-0.39, 0.29) is 23.3 Å². The van der Waals surface area contributed by atoms with Crippen molar-refractivity contribution in [3.8, 4) is 0 Å². The highest BCUT2D eigenvalue weighted by atomic mass is 35.5. The number of hydrogen-bond acceptors (Lipinski definition) is 3. The second-order valence-corrected chi connectivity index (χ2v) is 7.94. The number of carbonyl (C=O) groups is 2. The Morgan fingerprint density at radius 1 is 1.38 bits per heavy atom. The van der Waals surface area contributed by atoms with Crippen molar-refractivity contribution in [1.82, 2.24) is 10.2 Å². The molecule has 1 heterocycles. The second-order valence-electron chi connectivity index (χ2n) is 7.53. The van der Waals surface area contributed by atoms with E-state index in [1.54, 1.807) is 18.2 Å². The Kier molecular flexibility index (Phi) is 5.88. The smallest absolute Gasteiger partial charge is 0.255 e. The van der Waals surface area contributed by atoms with Crippen molar-refractivity contribution < 1.29 is 9.59 Å². The summed E-state index contributed by atoms with van der Waals surface area (Å²) in [6, 6.07) is 5.16. The van der Waals surface area contributed by atoms with Gasteiger partial charge in [0.15, 0.2) is 0 Å². The molecule has 1 fully saturated rings. The SMILES string of the molecule is CC1CNCCN1C(=O)c1cc(NC(=O)CC(C)(C)C)ccc1Cl. The van der Waals surface area contributed by atoms with E-state index in [9.17, 15) is 9.59 Å². The lowest BCUT2D eigenvalue weighted by atomic mass is 9.92. The number of amides is 2. The Hall–Kier alpha value is -1.59. The first-order valence-corrected chi connectivity index (χ1v) is 8.66. The molecule has 2 rings (SSSR count). The van der Waals surface area contributed by atoms with Crippen LogP contribution in [0.5, 0.6) is 0 Å². The molecular formula is C18H26ClN3O2. The molecule has 0 aromatic heterocycles. The number of nitrogens with one attached hydrogen (secondary N) is 2. The van der Waals surface area contributed by atoms with Crippen LogP contribution in [0.1, 0.15) is 44.5 Å². The largest absolute Gasteiger partial charge is 0.333 e. The molecule has 1 aromatic rings. The van der Waals surface area contributed by atoms with Gasteiger partial charge in [0.25, 0.3) is 5.91 Å². The van der Waals surface area contributed by atoms with Crippen molar-refractivity contribution in [2.24, 2.45) is 5.41 Å². The van der Waals surface area contributed by atoms with Crippen LogP contribution in [0.15, 0.2) is 18.2 Å². The third-order valence-corrected chi connectivity index (χ3v) is 4.26. The van der Waals surface area contributed by atoms with Crippen LogP contribution in [-0.4, -0.2) is 42.4 Å². The van der Waals surface area contributed by atoms with E-state index < -0.39 is 0 Å². The summed E-state index contributed by atoms with van der Waals surface area (Å²) >= 11 is 6.23. The average molecular weight is 352 g/mol. The van der Waals surface area contributed by atoms with Crippen LogP contribution >= 0.6 is 11.6 Å². The molecule has 0 bridgehead atoms. The molecule has 5 nitrogen and oxygen atoms in total. The maximum atomic E-state index is 12.8. The van der Waals surface area contributed by atoms with Crippen LogP contribution in [-0.2, 0) is 4.79 Å². The molecule has 1 unspecified atom stereocenters. The zero-order valence-electron chi connectivity index (χ0n) is 14.8. The van der Waals surface area contributed by atoms with Crippen LogP contribution < -0.4 is 10.6 Å². The molecule has 1 aliphatic heterocycles. The average Bonchev–Trinajstić information content (AvgIpc) is 2.47. The number of anilines is 1. The minimum Gasteiger partial charge on any atom is -0.333 e. The van der Waals surface area contributed by atoms with E-state index in [1.165, 1.54) is 0 Å². The summed E-state index contributed by atoms with van der Waals surface area (Å²) in [7, 11) is 0. The number of halogens is 1. The molecule has 1 saturated heterocycles. The summed E-state index contributed by atoms with van der Waals surface area (Å²) in [4.78, 5) is 26.7. The first-order chi connectivity index (χ1) is 11.2. The van der Waals surface area contributed by atoms with Gasteiger partial charge in [-0.15, -0.1) is 0 Å². The fraction of sp³-hybridized carbons (Fsp3) is 0.556. The summed E-state index contributed by atoms with van der Waals surface area (Å²) < 4.78 is 0. The lowest BCUT2D eigenvalue weighted by molar-refractivity contribution is -0.117. The van der Waals surface area contributed by atoms with Crippen molar-refractivity contribution in [3.05, 3.63) is 28.8 Å². The summed E-state index contributed by atoms with van der Waals surface area (Å²) in [5.41, 5.74) is 0.935. The number of carbonyl (C=O) groups excluding carboxylic acids is 2. The van der Waals surface area contributed by atoms with Crippen LogP contribution in [0.2, 0.25) is 5.02 Å². The van der Waals surface area contributed by atoms with Crippen molar-refractivity contribution in [3.63, 3.8) is 0 Å². The zero-order valence-corrected chi connectivity index (χ0v) is 15.5. The number of hydrogen-bond donors (Lipinski definition) is 2. The van der Waals surface area contributed by atoms with Crippen molar-refractivity contribution in [1.29, 1.82) is 0 Å². The molecule has 0 spiro atoms. The molecule has 1 aliphatic rings. The molecule has 2 N–H and O–H groups in total. The quantitative estimate of drug-likeness (QED) is 0.879. The van der Waals surface area contributed by atoms with Gasteiger partial charge in [0.1, 0.15) is 0 Å². The standard InChI is InChI=1S/C18H26ClN3O2/c1-12-11-20-7-8-22(12)17(24)14-9-13(5-6-15(14)19)21-16(23)10-18(2,3)4/h5-6,9,12,20H,7-8,10-11H2,1-4H3,(H,21,23). The van der Waals surface area contributed by atoms with Gasteiger partial charge in [-0.3, -0.25) is 9.59 Å². The fourth-order valence-corrected chi connectivity index (χ4v) is 2.95. The third-order valence-electron chi connectivity index (χ3n) is 3.93. The first-order valence-electron chi connectivity index (χ1n) is 8.28. The normalized spacial score (nSPS) is 18.4. The monoisotopic (exact) mass is 351 g/mol. The first kappa shape index (κ1) is 18.7. The van der Waals surface area contributed by atoms with Gasteiger partial charge in [-0.05, 0) is 30.5 Å². The third kappa shape index (κ3) is 4.95. The maximum Gasteiger partial charge on any atom is 0.255 e. The number of nitrogens with zero attached hydrogens (tertiary/aromatic N) is 1. The van der Waals surface area contributed by atoms with Crippen molar-refractivity contribution >= 4 is 29.1 Å². The lowest BCUT2D eigenvalue weighted by Crippen LogP contribution is -2.52. The van der Waals surface area contributed by atoms with Crippen molar-refractivity contribution in [2.75, 3.05) is 25.0 Å². The topological polar surface area (TPSA) is 61.4 Å². The fourth-order valence-electron chi connectivity index (χ4n) is 2.75. The summed E-state index contributed by atoms with van der Waals surface area (Å²) in [5.74, 6) is -0.167. The zero-order chi connectivity index (χ0) is 17.9. The van der Waals surface area contributed by atoms with Gasteiger partial charge in [-0.1, -0.05) is 32.4 Å². The van der Waals surface area contributed by atoms with Crippen LogP contribution in [0, 0.1) is 5.41 Å². The van der Waals surface area contributed by atoms with Crippen LogP contribution in [0.4, 0.5) is 5.69 Å². The Balaban J connectivity index is 2.16. The molecular weight excluding hydrogens is 326 g/mol. The molecule has 2 amide bonds. The predicted molar refractivity (Wildman–Crippen MR) is 97.5 cm³/mol. The summed E-state index contributed by atoms with van der Waals surface area (Å²) in [6.45, 7) is 10.2. The minimum absolute atomic E-state index is 0.0706. The van der Waals surface area contributed by atoms with E-state index in [0.29, 0.717) is 29.2 Å². The molecule has 0 aliphatic carbocycles. The molecule has 132 valence electrons. The molecule has 0 radical (unpaired) electrons. The predicted octanol–water partition coefficient (Wildman–Crippen LogP) is 3.15. The van der Waals surface area contributed by atoms with Gasteiger partial charge in [0.05, 0.1) is 10.6 Å². The molecule has 1 atom stereocenters. The molecule has 6 heteroatoms. The minimum atomic E-state index is -0.0964. The van der Waals surface area contributed by atoms with Gasteiger partial charge in [0, 0.05) is 37.8 Å². The van der Waals surface area contributed by atoms with Gasteiger partial charge in [0.2, 0.25) is 5.91 Å². The van der Waals surface area contributed by atoms with E-state index >= 15 is 0 Å². The molecule has 1 aromatic carbocycles. The second kappa shape index (κ2) is 7.53. The van der Waals surface area contributed by atoms with Crippen LogP contribution in [0.25, 0.3) is 0 Å². The summed E-state index contributed by atoms with van der Waals surface area (Å²) in [6.07, 6.45) is 0.410. The highest BCUT2D eigenvalue weighted by Gasteiger charge is 2.26. The Labute approximate surface area is 148 Å². The van der Waals surface area contributed by atoms with E-state index in [2.05, 4.69) is 10.6 Å².